The summed E-state index contributed by atoms with van der Waals surface area (Å²) in [4.78, 5) is 15.8. The number of carbonyl (C=O) groups excluding carboxylic acids is 1. The van der Waals surface area contributed by atoms with Gasteiger partial charge in [-0.05, 0) is 30.7 Å². The lowest BCUT2D eigenvalue weighted by Gasteiger charge is -2.08. The number of rotatable bonds is 3. The van der Waals surface area contributed by atoms with E-state index in [1.165, 1.54) is 12.1 Å². The molecule has 0 aliphatic heterocycles. The van der Waals surface area contributed by atoms with Crippen LogP contribution >= 0.6 is 0 Å². The number of anilines is 1. The number of nitrogens with zero attached hydrogens (tertiary/aromatic N) is 1. The maximum atomic E-state index is 13.5. The third-order valence-electron chi connectivity index (χ3n) is 2.82. The highest BCUT2D eigenvalue weighted by molar-refractivity contribution is 5.95. The maximum Gasteiger partial charge on any atom is 0.251 e. The molecule has 2 rings (SSSR count). The summed E-state index contributed by atoms with van der Waals surface area (Å²) >= 11 is 0. The third-order valence-corrected chi connectivity index (χ3v) is 2.82. The Labute approximate surface area is 110 Å². The van der Waals surface area contributed by atoms with E-state index in [9.17, 15) is 9.18 Å². The Morgan fingerprint density at radius 1 is 1.47 bits per heavy atom. The summed E-state index contributed by atoms with van der Waals surface area (Å²) in [6.07, 6.45) is 3.31. The summed E-state index contributed by atoms with van der Waals surface area (Å²) in [5.74, 6) is -0.846. The lowest BCUT2D eigenvalue weighted by atomic mass is 10.1. The van der Waals surface area contributed by atoms with Crippen molar-refractivity contribution in [3.63, 3.8) is 0 Å². The van der Waals surface area contributed by atoms with Gasteiger partial charge in [-0.1, -0.05) is 6.07 Å². The summed E-state index contributed by atoms with van der Waals surface area (Å²) in [6.45, 7) is 1.91. The van der Waals surface area contributed by atoms with Crippen LogP contribution in [0.3, 0.4) is 0 Å². The predicted octanol–water partition coefficient (Wildman–Crippen LogP) is 2.04. The monoisotopic (exact) mass is 259 g/mol. The first-order valence-electron chi connectivity index (χ1n) is 5.80. The number of nitrogens with two attached hydrogens (primary N) is 1. The zero-order valence-electron chi connectivity index (χ0n) is 10.5. The number of hydrogen-bond donors (Lipinski definition) is 2. The number of benzene rings is 1. The van der Waals surface area contributed by atoms with Crippen molar-refractivity contribution in [2.75, 3.05) is 5.73 Å². The first-order chi connectivity index (χ1) is 9.08. The molecule has 1 aromatic carbocycles. The fourth-order valence-corrected chi connectivity index (χ4v) is 1.62. The van der Waals surface area contributed by atoms with Crippen LogP contribution in [0.2, 0.25) is 0 Å². The van der Waals surface area contributed by atoms with E-state index in [4.69, 9.17) is 5.73 Å². The molecule has 2 aromatic rings. The van der Waals surface area contributed by atoms with Gasteiger partial charge in [-0.15, -0.1) is 0 Å². The molecule has 0 saturated heterocycles. The minimum absolute atomic E-state index is 0.212. The zero-order valence-corrected chi connectivity index (χ0v) is 10.5. The Morgan fingerprint density at radius 2 is 2.26 bits per heavy atom. The largest absolute Gasteiger partial charge is 0.398 e. The fourth-order valence-electron chi connectivity index (χ4n) is 1.62. The van der Waals surface area contributed by atoms with Crippen LogP contribution in [0.15, 0.2) is 36.7 Å². The highest BCUT2D eigenvalue weighted by atomic mass is 19.1. The van der Waals surface area contributed by atoms with Gasteiger partial charge in [-0.3, -0.25) is 9.78 Å². The van der Waals surface area contributed by atoms with Crippen molar-refractivity contribution in [2.45, 2.75) is 13.5 Å². The number of carbonyl (C=O) groups is 1. The van der Waals surface area contributed by atoms with Gasteiger partial charge in [0.15, 0.2) is 0 Å². The molecule has 3 N–H and O–H groups in total. The average Bonchev–Trinajstić information content (AvgIpc) is 2.42. The summed E-state index contributed by atoms with van der Waals surface area (Å²) in [5.41, 5.74) is 7.34. The summed E-state index contributed by atoms with van der Waals surface area (Å²) < 4.78 is 13.5. The van der Waals surface area contributed by atoms with Gasteiger partial charge in [0.05, 0.1) is 0 Å². The van der Waals surface area contributed by atoms with E-state index < -0.39 is 5.82 Å². The summed E-state index contributed by atoms with van der Waals surface area (Å²) in [6, 6.07) is 6.28. The van der Waals surface area contributed by atoms with Gasteiger partial charge in [0.1, 0.15) is 5.82 Å². The van der Waals surface area contributed by atoms with Gasteiger partial charge in [0, 0.05) is 35.8 Å². The standard InChI is InChI=1S/C14H14FN3O/c1-9-12(15)5-11(6-13(9)16)14(19)18-8-10-3-2-4-17-7-10/h2-7H,8,16H2,1H3,(H,18,19). The highest BCUT2D eigenvalue weighted by Gasteiger charge is 2.10. The minimum atomic E-state index is -0.480. The second-order valence-corrected chi connectivity index (χ2v) is 4.22. The minimum Gasteiger partial charge on any atom is -0.398 e. The van der Waals surface area contributed by atoms with Crippen molar-refractivity contribution in [1.29, 1.82) is 0 Å². The van der Waals surface area contributed by atoms with Crippen LogP contribution in [0.5, 0.6) is 0 Å². The molecule has 4 nitrogen and oxygen atoms in total. The molecule has 1 heterocycles. The van der Waals surface area contributed by atoms with Crippen molar-refractivity contribution in [1.82, 2.24) is 10.3 Å². The van der Waals surface area contributed by atoms with Gasteiger partial charge < -0.3 is 11.1 Å². The molecule has 0 radical (unpaired) electrons. The zero-order chi connectivity index (χ0) is 13.8. The second-order valence-electron chi connectivity index (χ2n) is 4.22. The number of aromatic nitrogens is 1. The molecule has 0 bridgehead atoms. The topological polar surface area (TPSA) is 68.0 Å². The predicted molar refractivity (Wildman–Crippen MR) is 71.0 cm³/mol. The van der Waals surface area contributed by atoms with Crippen LogP contribution in [-0.2, 0) is 6.54 Å². The van der Waals surface area contributed by atoms with Crippen molar-refractivity contribution in [2.24, 2.45) is 0 Å². The van der Waals surface area contributed by atoms with Crippen molar-refractivity contribution >= 4 is 11.6 Å². The summed E-state index contributed by atoms with van der Waals surface area (Å²) in [5, 5.41) is 2.69. The van der Waals surface area contributed by atoms with Crippen LogP contribution in [0.25, 0.3) is 0 Å². The molecule has 1 amide bonds. The first kappa shape index (κ1) is 13.0. The molecular formula is C14H14FN3O. The first-order valence-corrected chi connectivity index (χ1v) is 5.80. The maximum absolute atomic E-state index is 13.5. The molecule has 1 aromatic heterocycles. The number of nitrogen functional groups attached to an aromatic ring is 1. The van der Waals surface area contributed by atoms with E-state index in [1.54, 1.807) is 25.4 Å². The molecule has 0 atom stereocenters. The molecule has 0 spiro atoms. The fraction of sp³-hybridized carbons (Fsp3) is 0.143. The smallest absolute Gasteiger partial charge is 0.251 e. The highest BCUT2D eigenvalue weighted by Crippen LogP contribution is 2.17. The van der Waals surface area contributed by atoms with E-state index >= 15 is 0 Å². The van der Waals surface area contributed by atoms with E-state index in [0.717, 1.165) is 5.56 Å². The van der Waals surface area contributed by atoms with Crippen LogP contribution in [0.1, 0.15) is 21.5 Å². The second kappa shape index (κ2) is 5.48. The normalized spacial score (nSPS) is 10.2. The molecule has 0 fully saturated rings. The summed E-state index contributed by atoms with van der Waals surface area (Å²) in [7, 11) is 0. The van der Waals surface area contributed by atoms with Gasteiger partial charge in [0.25, 0.3) is 5.91 Å². The van der Waals surface area contributed by atoms with Crippen LogP contribution in [0.4, 0.5) is 10.1 Å². The lowest BCUT2D eigenvalue weighted by Crippen LogP contribution is -2.23. The Morgan fingerprint density at radius 3 is 2.89 bits per heavy atom. The van der Waals surface area contributed by atoms with E-state index in [2.05, 4.69) is 10.3 Å². The van der Waals surface area contributed by atoms with Crippen molar-refractivity contribution < 1.29 is 9.18 Å². The van der Waals surface area contributed by atoms with Gasteiger partial charge in [0.2, 0.25) is 0 Å². The van der Waals surface area contributed by atoms with E-state index in [1.807, 2.05) is 6.07 Å². The van der Waals surface area contributed by atoms with Gasteiger partial charge >= 0.3 is 0 Å². The Hall–Kier alpha value is -2.43. The molecule has 0 saturated carbocycles. The molecule has 0 aliphatic carbocycles. The number of pyridine rings is 1. The average molecular weight is 259 g/mol. The molecular weight excluding hydrogens is 245 g/mol. The molecule has 5 heteroatoms. The Bertz CT molecular complexity index is 576. The van der Waals surface area contributed by atoms with Crippen LogP contribution < -0.4 is 11.1 Å². The van der Waals surface area contributed by atoms with E-state index in [-0.39, 0.29) is 17.2 Å². The molecule has 98 valence electrons. The number of nitrogens with one attached hydrogen (secondary N) is 1. The van der Waals surface area contributed by atoms with Crippen LogP contribution in [-0.4, -0.2) is 10.9 Å². The lowest BCUT2D eigenvalue weighted by molar-refractivity contribution is 0.0950. The van der Waals surface area contributed by atoms with Gasteiger partial charge in [-0.2, -0.15) is 0 Å². The quantitative estimate of drug-likeness (QED) is 0.829. The Balaban J connectivity index is 2.08. The molecule has 19 heavy (non-hydrogen) atoms. The number of halogens is 1. The molecule has 0 unspecified atom stereocenters. The van der Waals surface area contributed by atoms with E-state index in [0.29, 0.717) is 12.1 Å². The van der Waals surface area contributed by atoms with Gasteiger partial charge in [-0.25, -0.2) is 4.39 Å². The number of amides is 1. The van der Waals surface area contributed by atoms with Crippen LogP contribution in [0, 0.1) is 12.7 Å². The van der Waals surface area contributed by atoms with Crippen molar-refractivity contribution in [3.05, 3.63) is 59.2 Å². The number of hydrogen-bond acceptors (Lipinski definition) is 3. The SMILES string of the molecule is Cc1c(N)cc(C(=O)NCc2cccnc2)cc1F. The Kier molecular flexibility index (Phi) is 3.75. The third kappa shape index (κ3) is 3.07. The molecule has 0 aliphatic rings. The van der Waals surface area contributed by atoms with Crippen molar-refractivity contribution in [3.8, 4) is 0 Å².